The van der Waals surface area contributed by atoms with Crippen molar-refractivity contribution in [2.24, 2.45) is 0 Å². The first-order chi connectivity index (χ1) is 14.8. The van der Waals surface area contributed by atoms with Crippen LogP contribution in [0.25, 0.3) is 11.5 Å². The Hall–Kier alpha value is -3.41. The molecule has 1 fully saturated rings. The smallest absolute Gasteiger partial charge is 0.313 e. The summed E-state index contributed by atoms with van der Waals surface area (Å²) in [6.07, 6.45) is 1.75. The highest BCUT2D eigenvalue weighted by Crippen LogP contribution is 2.33. The first kappa shape index (κ1) is 20.8. The number of carbonyl (C=O) groups excluding carboxylic acids is 2. The summed E-state index contributed by atoms with van der Waals surface area (Å²) in [4.78, 5) is 31.9. The van der Waals surface area contributed by atoms with Gasteiger partial charge in [-0.1, -0.05) is 35.4 Å². The second-order valence-electron chi connectivity index (χ2n) is 8.27. The van der Waals surface area contributed by atoms with E-state index >= 15 is 0 Å². The van der Waals surface area contributed by atoms with Gasteiger partial charge < -0.3 is 14.6 Å². The summed E-state index contributed by atoms with van der Waals surface area (Å²) in [5, 5.41) is 2.75. The van der Waals surface area contributed by atoms with Gasteiger partial charge in [0.15, 0.2) is 0 Å². The van der Waals surface area contributed by atoms with Gasteiger partial charge in [-0.05, 0) is 64.3 Å². The van der Waals surface area contributed by atoms with Crippen molar-refractivity contribution in [1.82, 2.24) is 9.88 Å². The Labute approximate surface area is 182 Å². The van der Waals surface area contributed by atoms with Crippen LogP contribution >= 0.6 is 0 Å². The van der Waals surface area contributed by atoms with E-state index in [-0.39, 0.29) is 6.04 Å². The van der Waals surface area contributed by atoms with Gasteiger partial charge in [-0.15, -0.1) is 0 Å². The van der Waals surface area contributed by atoms with Gasteiger partial charge in [0, 0.05) is 17.8 Å². The molecule has 0 saturated carbocycles. The van der Waals surface area contributed by atoms with Crippen molar-refractivity contribution in [3.05, 3.63) is 70.6 Å². The molecule has 1 aliphatic rings. The highest BCUT2D eigenvalue weighted by atomic mass is 16.4. The third-order valence-electron chi connectivity index (χ3n) is 5.73. The lowest BCUT2D eigenvalue weighted by Crippen LogP contribution is -2.39. The largest absolute Gasteiger partial charge is 0.441 e. The first-order valence-corrected chi connectivity index (χ1v) is 10.6. The van der Waals surface area contributed by atoms with E-state index in [1.165, 1.54) is 0 Å². The molecule has 6 heteroatoms. The summed E-state index contributed by atoms with van der Waals surface area (Å²) < 4.78 is 5.67. The number of hydrogen-bond donors (Lipinski definition) is 1. The molecule has 1 saturated heterocycles. The quantitative estimate of drug-likeness (QED) is 0.617. The third-order valence-corrected chi connectivity index (χ3v) is 5.73. The van der Waals surface area contributed by atoms with Gasteiger partial charge in [0.25, 0.3) is 0 Å². The predicted molar refractivity (Wildman–Crippen MR) is 120 cm³/mol. The van der Waals surface area contributed by atoms with Crippen LogP contribution in [0, 0.1) is 27.7 Å². The van der Waals surface area contributed by atoms with Crippen LogP contribution in [0.1, 0.15) is 47.0 Å². The summed E-state index contributed by atoms with van der Waals surface area (Å²) in [6, 6.07) is 13.4. The van der Waals surface area contributed by atoms with Crippen molar-refractivity contribution >= 4 is 17.5 Å². The fraction of sp³-hybridized carbons (Fsp3) is 0.320. The second kappa shape index (κ2) is 8.38. The first-order valence-electron chi connectivity index (χ1n) is 10.6. The highest BCUT2D eigenvalue weighted by Gasteiger charge is 2.33. The standard InChI is InChI=1S/C25H27N3O3/c1-15-11-16(2)13-20(12-15)22-9-6-10-28(22)25(30)23(29)27-21-8-5-7-19(14-21)24-26-17(3)18(4)31-24/h5,7-8,11-14,22H,6,9-10H2,1-4H3,(H,27,29). The van der Waals surface area contributed by atoms with Crippen molar-refractivity contribution in [1.29, 1.82) is 0 Å². The molecule has 1 atom stereocenters. The van der Waals surface area contributed by atoms with Crippen LogP contribution in [0.5, 0.6) is 0 Å². The summed E-state index contributed by atoms with van der Waals surface area (Å²) in [5.74, 6) is 0.112. The Balaban J connectivity index is 1.50. The van der Waals surface area contributed by atoms with E-state index in [4.69, 9.17) is 4.42 Å². The van der Waals surface area contributed by atoms with E-state index in [9.17, 15) is 9.59 Å². The van der Waals surface area contributed by atoms with E-state index in [1.54, 1.807) is 23.1 Å². The maximum atomic E-state index is 13.0. The van der Waals surface area contributed by atoms with Crippen LogP contribution in [-0.4, -0.2) is 28.2 Å². The number of rotatable bonds is 3. The van der Waals surface area contributed by atoms with Crippen molar-refractivity contribution < 1.29 is 14.0 Å². The molecule has 4 rings (SSSR count). The fourth-order valence-electron chi connectivity index (χ4n) is 4.20. The highest BCUT2D eigenvalue weighted by molar-refractivity contribution is 6.39. The Kier molecular flexibility index (Phi) is 5.63. The number of likely N-dealkylation sites (tertiary alicyclic amines) is 1. The number of amides is 2. The molecular formula is C25H27N3O3. The molecule has 160 valence electrons. The molecule has 2 amide bonds. The average molecular weight is 418 g/mol. The number of carbonyl (C=O) groups is 2. The maximum absolute atomic E-state index is 13.0. The van der Waals surface area contributed by atoms with Gasteiger partial charge in [-0.25, -0.2) is 4.98 Å². The average Bonchev–Trinajstić information content (AvgIpc) is 3.34. The molecule has 6 nitrogen and oxygen atoms in total. The van der Waals surface area contributed by atoms with Gasteiger partial charge in [0.05, 0.1) is 11.7 Å². The lowest BCUT2D eigenvalue weighted by Gasteiger charge is -2.25. The number of aromatic nitrogens is 1. The molecule has 2 heterocycles. The Bertz CT molecular complexity index is 1110. The SMILES string of the molecule is Cc1cc(C)cc(C2CCCN2C(=O)C(=O)Nc2cccc(-c3nc(C)c(C)o3)c2)c1. The Morgan fingerprint density at radius 2 is 1.81 bits per heavy atom. The van der Waals surface area contributed by atoms with Crippen LogP contribution in [0.4, 0.5) is 5.69 Å². The summed E-state index contributed by atoms with van der Waals surface area (Å²) in [6.45, 7) is 8.42. The van der Waals surface area contributed by atoms with Crippen LogP contribution in [-0.2, 0) is 9.59 Å². The number of nitrogens with one attached hydrogen (secondary N) is 1. The maximum Gasteiger partial charge on any atom is 0.313 e. The van der Waals surface area contributed by atoms with Crippen molar-refractivity contribution in [3.63, 3.8) is 0 Å². The molecule has 1 aromatic heterocycles. The molecule has 2 aromatic carbocycles. The number of benzene rings is 2. The summed E-state index contributed by atoms with van der Waals surface area (Å²) in [7, 11) is 0. The molecule has 0 radical (unpaired) electrons. The summed E-state index contributed by atoms with van der Waals surface area (Å²) >= 11 is 0. The van der Waals surface area contributed by atoms with Gasteiger partial charge in [0.2, 0.25) is 5.89 Å². The molecule has 0 bridgehead atoms. The molecule has 0 aliphatic carbocycles. The number of oxazole rings is 1. The minimum Gasteiger partial charge on any atom is -0.441 e. The molecule has 0 spiro atoms. The zero-order chi connectivity index (χ0) is 22.1. The third kappa shape index (κ3) is 4.38. The molecule has 1 unspecified atom stereocenters. The molecular weight excluding hydrogens is 390 g/mol. The van der Waals surface area contributed by atoms with Gasteiger partial charge >= 0.3 is 11.8 Å². The van der Waals surface area contributed by atoms with E-state index in [0.29, 0.717) is 18.1 Å². The van der Waals surface area contributed by atoms with Crippen LogP contribution in [0.2, 0.25) is 0 Å². The van der Waals surface area contributed by atoms with Crippen LogP contribution < -0.4 is 5.32 Å². The monoisotopic (exact) mass is 417 g/mol. The van der Waals surface area contributed by atoms with Gasteiger partial charge in [-0.2, -0.15) is 0 Å². The number of nitrogens with zero attached hydrogens (tertiary/aromatic N) is 2. The lowest BCUT2D eigenvalue weighted by atomic mass is 9.99. The van der Waals surface area contributed by atoms with Crippen molar-refractivity contribution in [2.45, 2.75) is 46.6 Å². The van der Waals surface area contributed by atoms with Crippen molar-refractivity contribution in [3.8, 4) is 11.5 Å². The molecule has 1 N–H and O–H groups in total. The Morgan fingerprint density at radius 3 is 2.48 bits per heavy atom. The van der Waals surface area contributed by atoms with Gasteiger partial charge in [0.1, 0.15) is 5.76 Å². The normalized spacial score (nSPS) is 15.9. The van der Waals surface area contributed by atoms with E-state index in [0.717, 1.165) is 46.5 Å². The second-order valence-corrected chi connectivity index (χ2v) is 8.27. The van der Waals surface area contributed by atoms with E-state index in [2.05, 4.69) is 28.5 Å². The number of aryl methyl sites for hydroxylation is 4. The molecule has 3 aromatic rings. The fourth-order valence-corrected chi connectivity index (χ4v) is 4.20. The summed E-state index contributed by atoms with van der Waals surface area (Å²) in [5.41, 5.74) is 5.52. The van der Waals surface area contributed by atoms with Gasteiger partial charge in [-0.3, -0.25) is 9.59 Å². The number of hydrogen-bond acceptors (Lipinski definition) is 4. The minimum absolute atomic E-state index is 0.0681. The Morgan fingerprint density at radius 1 is 1.06 bits per heavy atom. The predicted octanol–water partition coefficient (Wildman–Crippen LogP) is 4.88. The molecule has 31 heavy (non-hydrogen) atoms. The van der Waals surface area contributed by atoms with E-state index < -0.39 is 11.8 Å². The molecule has 1 aliphatic heterocycles. The van der Waals surface area contributed by atoms with Crippen molar-refractivity contribution in [2.75, 3.05) is 11.9 Å². The minimum atomic E-state index is -0.631. The lowest BCUT2D eigenvalue weighted by molar-refractivity contribution is -0.143. The number of anilines is 1. The van der Waals surface area contributed by atoms with Crippen LogP contribution in [0.15, 0.2) is 46.9 Å². The van der Waals surface area contributed by atoms with Crippen LogP contribution in [0.3, 0.4) is 0 Å². The topological polar surface area (TPSA) is 75.4 Å². The zero-order valence-corrected chi connectivity index (χ0v) is 18.4. The zero-order valence-electron chi connectivity index (χ0n) is 18.4. The van der Waals surface area contributed by atoms with E-state index in [1.807, 2.05) is 33.8 Å².